The molecule has 2 rings (SSSR count). The lowest BCUT2D eigenvalue weighted by atomic mass is 10.1. The average Bonchev–Trinajstić information content (AvgIpc) is 2.31. The molecule has 1 heterocycles. The normalized spacial score (nSPS) is 10.1. The Kier molecular flexibility index (Phi) is 3.31. The van der Waals surface area contributed by atoms with E-state index in [4.69, 9.17) is 17.0 Å². The maximum absolute atomic E-state index is 5.43. The molecule has 0 amide bonds. The standard InChI is InChI=1S/C12H12N2OS/c1-2-15-10-5-3-4-9(8-10)11-6-7-12(16)14-13-11/h3-8H,2H2,1H3,(H,14,16). The van der Waals surface area contributed by atoms with E-state index >= 15 is 0 Å². The van der Waals surface area contributed by atoms with Gasteiger partial charge < -0.3 is 4.74 Å². The van der Waals surface area contributed by atoms with Gasteiger partial charge in [0, 0.05) is 5.56 Å². The van der Waals surface area contributed by atoms with Crippen molar-refractivity contribution in [2.24, 2.45) is 0 Å². The summed E-state index contributed by atoms with van der Waals surface area (Å²) in [6.45, 7) is 2.62. The fourth-order valence-corrected chi connectivity index (χ4v) is 1.53. The Morgan fingerprint density at radius 1 is 1.31 bits per heavy atom. The van der Waals surface area contributed by atoms with E-state index in [9.17, 15) is 0 Å². The molecule has 4 heteroatoms. The van der Waals surface area contributed by atoms with Crippen molar-refractivity contribution in [3.05, 3.63) is 41.0 Å². The average molecular weight is 232 g/mol. The van der Waals surface area contributed by atoms with E-state index in [1.165, 1.54) is 0 Å². The van der Waals surface area contributed by atoms with Crippen LogP contribution in [0.5, 0.6) is 5.75 Å². The van der Waals surface area contributed by atoms with Crippen molar-refractivity contribution in [1.82, 2.24) is 10.2 Å². The van der Waals surface area contributed by atoms with Crippen molar-refractivity contribution < 1.29 is 4.74 Å². The summed E-state index contributed by atoms with van der Waals surface area (Å²) in [7, 11) is 0. The molecule has 0 atom stereocenters. The second-order valence-electron chi connectivity index (χ2n) is 3.27. The van der Waals surface area contributed by atoms with Crippen LogP contribution >= 0.6 is 12.2 Å². The quantitative estimate of drug-likeness (QED) is 0.826. The number of nitrogens with zero attached hydrogens (tertiary/aromatic N) is 1. The molecule has 0 aliphatic carbocycles. The maximum Gasteiger partial charge on any atom is 0.119 e. The van der Waals surface area contributed by atoms with Crippen LogP contribution in [0.1, 0.15) is 6.92 Å². The molecular weight excluding hydrogens is 220 g/mol. The van der Waals surface area contributed by atoms with E-state index in [-0.39, 0.29) is 0 Å². The minimum atomic E-state index is 0.629. The number of aromatic amines is 1. The molecule has 0 radical (unpaired) electrons. The van der Waals surface area contributed by atoms with Crippen LogP contribution in [-0.2, 0) is 0 Å². The zero-order chi connectivity index (χ0) is 11.4. The molecule has 0 saturated heterocycles. The number of H-pyrrole nitrogens is 1. The third kappa shape index (κ3) is 2.46. The first kappa shape index (κ1) is 10.8. The Balaban J connectivity index is 2.36. The molecular formula is C12H12N2OS. The fourth-order valence-electron chi connectivity index (χ4n) is 1.42. The molecule has 1 aromatic carbocycles. The van der Waals surface area contributed by atoms with Gasteiger partial charge in [-0.05, 0) is 31.2 Å². The van der Waals surface area contributed by atoms with Gasteiger partial charge in [0.15, 0.2) is 0 Å². The Labute approximate surface area is 99.1 Å². The monoisotopic (exact) mass is 232 g/mol. The second kappa shape index (κ2) is 4.90. The van der Waals surface area contributed by atoms with Gasteiger partial charge in [0.1, 0.15) is 10.4 Å². The summed E-state index contributed by atoms with van der Waals surface area (Å²) in [6.07, 6.45) is 0. The fraction of sp³-hybridized carbons (Fsp3) is 0.167. The lowest BCUT2D eigenvalue weighted by Gasteiger charge is -2.05. The van der Waals surface area contributed by atoms with Gasteiger partial charge in [-0.25, -0.2) is 0 Å². The van der Waals surface area contributed by atoms with Crippen LogP contribution in [0.4, 0.5) is 0 Å². The Morgan fingerprint density at radius 2 is 2.19 bits per heavy atom. The Bertz CT molecular complexity index is 516. The number of ether oxygens (including phenoxy) is 1. The third-order valence-electron chi connectivity index (χ3n) is 2.12. The number of aromatic nitrogens is 2. The summed E-state index contributed by atoms with van der Waals surface area (Å²) >= 11 is 4.95. The highest BCUT2D eigenvalue weighted by molar-refractivity contribution is 7.71. The zero-order valence-corrected chi connectivity index (χ0v) is 9.75. The van der Waals surface area contributed by atoms with Gasteiger partial charge in [-0.1, -0.05) is 24.4 Å². The highest BCUT2D eigenvalue weighted by Gasteiger charge is 2.00. The summed E-state index contributed by atoms with van der Waals surface area (Å²) < 4.78 is 6.06. The van der Waals surface area contributed by atoms with Crippen LogP contribution in [0.25, 0.3) is 11.3 Å². The first-order chi connectivity index (χ1) is 7.79. The molecule has 82 valence electrons. The summed E-state index contributed by atoms with van der Waals surface area (Å²) in [5.41, 5.74) is 1.87. The van der Waals surface area contributed by atoms with Crippen molar-refractivity contribution >= 4 is 12.2 Å². The Hall–Kier alpha value is -1.68. The molecule has 3 nitrogen and oxygen atoms in total. The van der Waals surface area contributed by atoms with Crippen molar-refractivity contribution in [1.29, 1.82) is 0 Å². The highest BCUT2D eigenvalue weighted by Crippen LogP contribution is 2.21. The number of hydrogen-bond acceptors (Lipinski definition) is 3. The van der Waals surface area contributed by atoms with Crippen LogP contribution in [0, 0.1) is 4.64 Å². The minimum absolute atomic E-state index is 0.629. The molecule has 2 aromatic rings. The molecule has 0 aliphatic heterocycles. The second-order valence-corrected chi connectivity index (χ2v) is 3.71. The molecule has 0 bridgehead atoms. The van der Waals surface area contributed by atoms with E-state index in [0.29, 0.717) is 11.2 Å². The number of benzene rings is 1. The van der Waals surface area contributed by atoms with Crippen LogP contribution in [0.15, 0.2) is 36.4 Å². The van der Waals surface area contributed by atoms with Crippen LogP contribution in [-0.4, -0.2) is 16.8 Å². The van der Waals surface area contributed by atoms with Gasteiger partial charge in [-0.2, -0.15) is 5.10 Å². The smallest absolute Gasteiger partial charge is 0.119 e. The van der Waals surface area contributed by atoms with Crippen molar-refractivity contribution in [3.63, 3.8) is 0 Å². The largest absolute Gasteiger partial charge is 0.494 e. The van der Waals surface area contributed by atoms with E-state index in [0.717, 1.165) is 17.0 Å². The van der Waals surface area contributed by atoms with Gasteiger partial charge in [0.25, 0.3) is 0 Å². The first-order valence-electron chi connectivity index (χ1n) is 5.08. The van der Waals surface area contributed by atoms with Crippen LogP contribution in [0.2, 0.25) is 0 Å². The molecule has 0 unspecified atom stereocenters. The van der Waals surface area contributed by atoms with E-state index < -0.39 is 0 Å². The minimum Gasteiger partial charge on any atom is -0.494 e. The van der Waals surface area contributed by atoms with Gasteiger partial charge in [-0.15, -0.1) is 0 Å². The lowest BCUT2D eigenvalue weighted by molar-refractivity contribution is 0.340. The lowest BCUT2D eigenvalue weighted by Crippen LogP contribution is -1.92. The predicted molar refractivity (Wildman–Crippen MR) is 66.0 cm³/mol. The van der Waals surface area contributed by atoms with Crippen LogP contribution in [0.3, 0.4) is 0 Å². The topological polar surface area (TPSA) is 37.9 Å². The van der Waals surface area contributed by atoms with E-state index in [1.54, 1.807) is 0 Å². The van der Waals surface area contributed by atoms with E-state index in [2.05, 4.69) is 10.2 Å². The summed E-state index contributed by atoms with van der Waals surface area (Å²) in [5, 5.41) is 6.94. The zero-order valence-electron chi connectivity index (χ0n) is 8.93. The number of rotatable bonds is 3. The van der Waals surface area contributed by atoms with Crippen LogP contribution < -0.4 is 4.74 Å². The highest BCUT2D eigenvalue weighted by atomic mass is 32.1. The van der Waals surface area contributed by atoms with Crippen molar-refractivity contribution in [2.45, 2.75) is 6.92 Å². The molecule has 16 heavy (non-hydrogen) atoms. The first-order valence-corrected chi connectivity index (χ1v) is 5.49. The molecule has 1 N–H and O–H groups in total. The molecule has 0 spiro atoms. The van der Waals surface area contributed by atoms with Gasteiger partial charge in [-0.3, -0.25) is 5.10 Å². The van der Waals surface area contributed by atoms with Gasteiger partial charge >= 0.3 is 0 Å². The summed E-state index contributed by atoms with van der Waals surface area (Å²) in [4.78, 5) is 0. The van der Waals surface area contributed by atoms with Crippen molar-refractivity contribution in [3.8, 4) is 17.0 Å². The number of nitrogens with one attached hydrogen (secondary N) is 1. The molecule has 0 aliphatic rings. The molecule has 0 saturated carbocycles. The van der Waals surface area contributed by atoms with Crippen molar-refractivity contribution in [2.75, 3.05) is 6.61 Å². The molecule has 1 aromatic heterocycles. The Morgan fingerprint density at radius 3 is 2.88 bits per heavy atom. The van der Waals surface area contributed by atoms with Gasteiger partial charge in [0.05, 0.1) is 12.3 Å². The summed E-state index contributed by atoms with van der Waals surface area (Å²) in [6, 6.07) is 11.5. The SMILES string of the molecule is CCOc1cccc(-c2ccc(=S)[nH]n2)c1. The van der Waals surface area contributed by atoms with Gasteiger partial charge in [0.2, 0.25) is 0 Å². The predicted octanol–water partition coefficient (Wildman–Crippen LogP) is 3.20. The maximum atomic E-state index is 5.43. The third-order valence-corrected chi connectivity index (χ3v) is 2.35. The molecule has 0 fully saturated rings. The van der Waals surface area contributed by atoms with E-state index in [1.807, 2.05) is 43.3 Å². The summed E-state index contributed by atoms with van der Waals surface area (Å²) in [5.74, 6) is 0.851. The number of hydrogen-bond donors (Lipinski definition) is 1.